The summed E-state index contributed by atoms with van der Waals surface area (Å²) in [5.41, 5.74) is -5.93. The van der Waals surface area contributed by atoms with Crippen LogP contribution in [0, 0.1) is 10.8 Å². The van der Waals surface area contributed by atoms with Crippen LogP contribution in [0.2, 0.25) is 0 Å². The number of halogens is 7. The van der Waals surface area contributed by atoms with Gasteiger partial charge in [0.2, 0.25) is 0 Å². The van der Waals surface area contributed by atoms with E-state index >= 15 is 0 Å². The number of sulfonamides is 2. The summed E-state index contributed by atoms with van der Waals surface area (Å²) in [6, 6.07) is 39.8. The summed E-state index contributed by atoms with van der Waals surface area (Å²) in [6.07, 6.45) is 9.12. The molecule has 1 saturated carbocycles. The Balaban J connectivity index is -0.000000215. The predicted octanol–water partition coefficient (Wildman–Crippen LogP) is 22.6. The van der Waals surface area contributed by atoms with Crippen molar-refractivity contribution in [3.05, 3.63) is 149 Å². The van der Waals surface area contributed by atoms with Gasteiger partial charge in [-0.15, -0.1) is 0 Å². The normalized spacial score (nSPS) is 13.5. The van der Waals surface area contributed by atoms with E-state index in [1.165, 1.54) is 51.6 Å². The van der Waals surface area contributed by atoms with Crippen molar-refractivity contribution in [2.24, 2.45) is 10.8 Å². The molecule has 1 fully saturated rings. The van der Waals surface area contributed by atoms with Crippen LogP contribution in [0.3, 0.4) is 0 Å². The van der Waals surface area contributed by atoms with E-state index < -0.39 is 51.9 Å². The molecule has 0 amide bonds. The zero-order valence-electron chi connectivity index (χ0n) is 52.8. The van der Waals surface area contributed by atoms with Gasteiger partial charge in [-0.05, 0) is 203 Å². The molecule has 0 aromatic heterocycles. The monoisotopic (exact) mass is 1470 g/mol. The van der Waals surface area contributed by atoms with E-state index in [1.54, 1.807) is 38.1 Å². The van der Waals surface area contributed by atoms with Crippen LogP contribution in [0.5, 0.6) is 17.2 Å². The number of alkyl halides is 7. The van der Waals surface area contributed by atoms with Crippen molar-refractivity contribution < 1.29 is 89.4 Å². The molecule has 0 radical (unpaired) electrons. The van der Waals surface area contributed by atoms with E-state index in [9.17, 15) is 70.7 Å². The zero-order valence-corrected chi connectivity index (χ0v) is 56.1. The third-order valence-electron chi connectivity index (χ3n) is 14.4. The summed E-state index contributed by atoms with van der Waals surface area (Å²) in [5.74, 6) is 0.0662. The molecule has 1 aliphatic rings. The highest BCUT2D eigenvalue weighted by Crippen LogP contribution is 2.48. The average molecular weight is 1470 g/mol. The Morgan fingerprint density at radius 1 is 0.505 bits per heavy atom. The molecular formula is C72H118F7NO13S4. The maximum Gasteiger partial charge on any atom is 0.480 e. The quantitative estimate of drug-likeness (QED) is 0.0341. The molecule has 97 heavy (non-hydrogen) atoms. The van der Waals surface area contributed by atoms with E-state index in [-0.39, 0.29) is 110 Å². The van der Waals surface area contributed by atoms with Gasteiger partial charge in [0, 0.05) is 0 Å². The van der Waals surface area contributed by atoms with Crippen LogP contribution < -0.4 is 4.18 Å². The maximum atomic E-state index is 13.9. The number of phenolic OH excluding ortho intramolecular Hbond substituents is 2. The molecular weight excluding hydrogens is 1350 g/mol. The number of phenols is 2. The van der Waals surface area contributed by atoms with Gasteiger partial charge in [0.1, 0.15) is 28.5 Å². The third-order valence-corrected chi connectivity index (χ3v) is 21.1. The van der Waals surface area contributed by atoms with Crippen LogP contribution in [-0.2, 0) is 60.1 Å². The zero-order chi connectivity index (χ0) is 68.3. The second kappa shape index (κ2) is 43.6. The van der Waals surface area contributed by atoms with Gasteiger partial charge in [-0.25, -0.2) is 16.8 Å². The Labute approximate surface area is 583 Å². The van der Waals surface area contributed by atoms with Crippen LogP contribution in [0.15, 0.2) is 148 Å². The smallest absolute Gasteiger partial charge is 0.480 e. The highest BCUT2D eigenvalue weighted by atomic mass is 32.3. The van der Waals surface area contributed by atoms with Crippen molar-refractivity contribution >= 4 is 53.0 Å². The molecule has 25 heteroatoms. The van der Waals surface area contributed by atoms with Gasteiger partial charge in [0.25, 0.3) is 0 Å². The molecule has 0 aliphatic heterocycles. The summed E-state index contributed by atoms with van der Waals surface area (Å²) in [5, 5.41) is 4.81. The highest BCUT2D eigenvalue weighted by molar-refractivity contribution is 8.13. The van der Waals surface area contributed by atoms with Crippen molar-refractivity contribution in [3.8, 4) is 17.2 Å². The van der Waals surface area contributed by atoms with Gasteiger partial charge >= 0.3 is 38.1 Å². The van der Waals surface area contributed by atoms with E-state index in [2.05, 4.69) is 73.5 Å². The Hall–Kier alpha value is -5.89. The number of esters is 2. The largest absolute Gasteiger partial charge is 0.508 e. The van der Waals surface area contributed by atoms with Gasteiger partial charge in [-0.2, -0.15) is 39.2 Å². The lowest BCUT2D eigenvalue weighted by Gasteiger charge is -2.36. The fraction of sp³-hybridized carbons (Fsp3) is 0.556. The summed E-state index contributed by atoms with van der Waals surface area (Å²) >= 11 is 0. The summed E-state index contributed by atoms with van der Waals surface area (Å²) in [6.45, 7) is 27.4. The molecule has 2 atom stereocenters. The minimum Gasteiger partial charge on any atom is -0.508 e. The summed E-state index contributed by atoms with van der Waals surface area (Å²) in [4.78, 5) is 27.2. The molecule has 5 aromatic rings. The topological polar surface area (TPSA) is 219 Å². The third kappa shape index (κ3) is 31.5. The van der Waals surface area contributed by atoms with Gasteiger partial charge in [-0.1, -0.05) is 168 Å². The molecule has 2 unspecified atom stereocenters. The van der Waals surface area contributed by atoms with Gasteiger partial charge < -0.3 is 28.0 Å². The molecule has 6 rings (SSSR count). The van der Waals surface area contributed by atoms with Crippen molar-refractivity contribution in [3.63, 3.8) is 0 Å². The number of carbonyl (C=O) groups is 2. The molecule has 0 heterocycles. The molecule has 0 spiro atoms. The average Bonchev–Trinajstić information content (AvgIpc) is 0.731. The minimum absolute atomic E-state index is 0. The van der Waals surface area contributed by atoms with Crippen molar-refractivity contribution in [2.45, 2.75) is 268 Å². The number of rotatable bonds is 19. The lowest BCUT2D eigenvalue weighted by molar-refractivity contribution is -0.172. The molecule has 0 saturated heterocycles. The number of ether oxygens (including phenoxy) is 2. The highest BCUT2D eigenvalue weighted by Gasteiger charge is 2.73. The Kier molecular flexibility index (Phi) is 47.0. The lowest BCUT2D eigenvalue weighted by atomic mass is 9.85. The second-order valence-electron chi connectivity index (χ2n) is 23.6. The summed E-state index contributed by atoms with van der Waals surface area (Å²) < 4.78 is 174. The van der Waals surface area contributed by atoms with Crippen LogP contribution >= 0.6 is 0 Å². The second-order valence-corrected chi connectivity index (χ2v) is 30.7. The fourth-order valence-electron chi connectivity index (χ4n) is 7.39. The Morgan fingerprint density at radius 2 is 0.845 bits per heavy atom. The maximum absolute atomic E-state index is 13.9. The first-order chi connectivity index (χ1) is 40.8. The van der Waals surface area contributed by atoms with Gasteiger partial charge in [0.05, 0.1) is 21.7 Å². The van der Waals surface area contributed by atoms with Crippen LogP contribution in [0.25, 0.3) is 4.13 Å². The first-order valence-electron chi connectivity index (χ1n) is 28.8. The molecule has 5 aromatic carbocycles. The lowest BCUT2D eigenvalue weighted by Crippen LogP contribution is -2.53. The van der Waals surface area contributed by atoms with Crippen molar-refractivity contribution in [1.29, 1.82) is 0 Å². The molecule has 0 bridgehead atoms. The molecule has 2 N–H and O–H groups in total. The van der Waals surface area contributed by atoms with Crippen LogP contribution in [-0.4, -0.2) is 74.6 Å². The number of hydrogen-bond donors (Lipinski definition) is 2. The fourth-order valence-corrected chi connectivity index (χ4v) is 12.9. The number of benzene rings is 5. The number of nitrogens with zero attached hydrogens (tertiary/aromatic N) is 1. The van der Waals surface area contributed by atoms with Crippen molar-refractivity contribution in [2.75, 3.05) is 0 Å². The van der Waals surface area contributed by atoms with Crippen LogP contribution in [0.1, 0.15) is 237 Å². The number of aromatic hydroxyl groups is 2. The number of carbonyl (C=O) groups excluding carboxylic acids is 2. The van der Waals surface area contributed by atoms with Crippen LogP contribution in [0.4, 0.5) is 30.7 Å². The van der Waals surface area contributed by atoms with E-state index in [0.717, 1.165) is 48.4 Å². The standard InChI is InChI=1S/C18H14OS.C13H13F7NO7S3.C13H24O2.C10H20O2.C10H14O.8CH4/c19-15-11-13-18(14-12-15)20(16-7-3-1-4-8-16)17-9-5-2-6-10-17;1-3-8(2)9-4-6-10(7-5-9)28-31(26,27)12(16,17)11(14,15)29(22,23)21-30(24,25)13(18,19)20;1-5-12(2,3)11(14)15-13(4)9-7-6-8-10-13;1-7-10(5,6)8(11)12-9(2,3)4;1-3-8(2)9-4-6-10(11)7-5-9;;;;;;;;/h1-14H;4-8H,3H2,1-2H3;5-10H2,1-4H3;7H2,1-6H3;4-8,11H,3H2,1-2H3;8*1H4/q;-1;;;;;;;;;;;/p+1. The SMILES string of the molecule is C.C.C.C.C.C.C.C.CCC(C)(C)C(=O)OC(C)(C)C.CCC(C)(C)C(=O)OC1(C)CCCCC1.CCC(C)c1ccc(O)cc1.CCC(C)c1ccc(OS(=O)(=O)C(F)(F)C(F)(F)S(=O)(=O)[N-]S(=O)(=O)C(F)(F)F)cc1.Oc1ccc([S+](c2ccccc2)c2ccccc2)cc1. The van der Waals surface area contributed by atoms with Crippen molar-refractivity contribution in [1.82, 2.24) is 0 Å². The molecule has 14 nitrogen and oxygen atoms in total. The van der Waals surface area contributed by atoms with E-state index in [4.69, 9.17) is 14.6 Å². The van der Waals surface area contributed by atoms with Gasteiger partial charge in [-0.3, -0.25) is 9.59 Å². The van der Waals surface area contributed by atoms with E-state index in [0.29, 0.717) is 29.4 Å². The first kappa shape index (κ1) is 105. The van der Waals surface area contributed by atoms with E-state index in [1.807, 2.05) is 98.7 Å². The first-order valence-corrected chi connectivity index (χ1v) is 34.3. The predicted molar refractivity (Wildman–Crippen MR) is 387 cm³/mol. The minimum atomic E-state index is -7.58. The summed E-state index contributed by atoms with van der Waals surface area (Å²) in [7, 11) is -21.8. The Morgan fingerprint density at radius 3 is 1.19 bits per heavy atom. The number of hydrogen-bond acceptors (Lipinski definition) is 13. The Bertz CT molecular complexity index is 3290. The molecule has 562 valence electrons. The molecule has 1 aliphatic carbocycles. The van der Waals surface area contributed by atoms with Gasteiger partial charge in [0.15, 0.2) is 34.7 Å².